The first-order valence-electron chi connectivity index (χ1n) is 5.85. The molecule has 0 fully saturated rings. The van der Waals surface area contributed by atoms with E-state index < -0.39 is 0 Å². The molecule has 0 spiro atoms. The van der Waals surface area contributed by atoms with Crippen LogP contribution in [0.5, 0.6) is 5.75 Å². The number of aryl methyl sites for hydroxylation is 2. The summed E-state index contributed by atoms with van der Waals surface area (Å²) in [4.78, 5) is 0. The van der Waals surface area contributed by atoms with Gasteiger partial charge in [-0.1, -0.05) is 29.8 Å². The largest absolute Gasteiger partial charge is 0.506 e. The molecule has 18 heavy (non-hydrogen) atoms. The Morgan fingerprint density at radius 1 is 1.17 bits per heavy atom. The summed E-state index contributed by atoms with van der Waals surface area (Å²) in [5.41, 5.74) is 4.44. The lowest BCUT2D eigenvalue weighted by atomic mass is 10.1. The summed E-state index contributed by atoms with van der Waals surface area (Å²) >= 11 is 3.32. The van der Waals surface area contributed by atoms with Gasteiger partial charge in [-0.25, -0.2) is 0 Å². The summed E-state index contributed by atoms with van der Waals surface area (Å²) < 4.78 is 0.724. The van der Waals surface area contributed by atoms with Crippen molar-refractivity contribution < 1.29 is 5.11 Å². The molecule has 0 bridgehead atoms. The van der Waals surface area contributed by atoms with E-state index in [4.69, 9.17) is 0 Å². The standard InChI is InChI=1S/C15H16BrNO/c1-10-6-7-14(11(2)8-10)17-9-12-4-3-5-13(16)15(12)18/h3-8,17-18H,9H2,1-2H3. The van der Waals surface area contributed by atoms with Gasteiger partial charge < -0.3 is 10.4 Å². The number of benzene rings is 2. The van der Waals surface area contributed by atoms with E-state index in [9.17, 15) is 5.11 Å². The molecule has 0 heterocycles. The molecule has 3 heteroatoms. The number of anilines is 1. The first-order valence-corrected chi connectivity index (χ1v) is 6.64. The fraction of sp³-hybridized carbons (Fsp3) is 0.200. The van der Waals surface area contributed by atoms with Crippen molar-refractivity contribution in [3.8, 4) is 5.75 Å². The van der Waals surface area contributed by atoms with Crippen LogP contribution in [0.1, 0.15) is 16.7 Å². The number of phenolic OH excluding ortho intramolecular Hbond substituents is 1. The van der Waals surface area contributed by atoms with Gasteiger partial charge in [0, 0.05) is 17.8 Å². The summed E-state index contributed by atoms with van der Waals surface area (Å²) in [5, 5.41) is 13.2. The molecule has 2 N–H and O–H groups in total. The Morgan fingerprint density at radius 2 is 1.94 bits per heavy atom. The quantitative estimate of drug-likeness (QED) is 0.882. The van der Waals surface area contributed by atoms with Crippen LogP contribution in [0.4, 0.5) is 5.69 Å². The van der Waals surface area contributed by atoms with Crippen molar-refractivity contribution in [3.63, 3.8) is 0 Å². The maximum absolute atomic E-state index is 9.90. The van der Waals surface area contributed by atoms with Gasteiger partial charge in [-0.3, -0.25) is 0 Å². The van der Waals surface area contributed by atoms with Crippen molar-refractivity contribution in [1.29, 1.82) is 0 Å². The number of hydrogen-bond donors (Lipinski definition) is 2. The molecule has 2 rings (SSSR count). The minimum absolute atomic E-state index is 0.301. The highest BCUT2D eigenvalue weighted by atomic mass is 79.9. The fourth-order valence-electron chi connectivity index (χ4n) is 1.91. The average molecular weight is 306 g/mol. The van der Waals surface area contributed by atoms with Gasteiger partial charge >= 0.3 is 0 Å². The normalized spacial score (nSPS) is 10.4. The average Bonchev–Trinajstić information content (AvgIpc) is 2.33. The van der Waals surface area contributed by atoms with E-state index in [1.54, 1.807) is 0 Å². The monoisotopic (exact) mass is 305 g/mol. The molecule has 0 saturated carbocycles. The number of aromatic hydroxyl groups is 1. The Labute approximate surface area is 116 Å². The number of rotatable bonds is 3. The van der Waals surface area contributed by atoms with Gasteiger partial charge in [0.2, 0.25) is 0 Å². The molecule has 2 nitrogen and oxygen atoms in total. The van der Waals surface area contributed by atoms with E-state index in [0.29, 0.717) is 12.3 Å². The molecular formula is C15H16BrNO. The topological polar surface area (TPSA) is 32.3 Å². The van der Waals surface area contributed by atoms with E-state index in [-0.39, 0.29) is 0 Å². The van der Waals surface area contributed by atoms with E-state index in [1.165, 1.54) is 11.1 Å². The van der Waals surface area contributed by atoms with Crippen LogP contribution in [0.2, 0.25) is 0 Å². The second-order valence-electron chi connectivity index (χ2n) is 4.42. The van der Waals surface area contributed by atoms with Crippen LogP contribution in [0, 0.1) is 13.8 Å². The van der Waals surface area contributed by atoms with Gasteiger partial charge in [0.15, 0.2) is 0 Å². The van der Waals surface area contributed by atoms with Gasteiger partial charge in [0.25, 0.3) is 0 Å². The van der Waals surface area contributed by atoms with Gasteiger partial charge in [0.1, 0.15) is 5.75 Å². The Hall–Kier alpha value is -1.48. The minimum Gasteiger partial charge on any atom is -0.506 e. The molecule has 0 radical (unpaired) electrons. The number of hydrogen-bond acceptors (Lipinski definition) is 2. The Bertz CT molecular complexity index is 566. The third-order valence-corrected chi connectivity index (χ3v) is 3.56. The van der Waals surface area contributed by atoms with Crippen molar-refractivity contribution in [3.05, 3.63) is 57.6 Å². The van der Waals surface area contributed by atoms with Gasteiger partial charge in [0.05, 0.1) is 4.47 Å². The lowest BCUT2D eigenvalue weighted by molar-refractivity contribution is 0.465. The molecule has 0 aromatic heterocycles. The molecule has 2 aromatic carbocycles. The summed E-state index contributed by atoms with van der Waals surface area (Å²) in [6, 6.07) is 12.0. The fourth-order valence-corrected chi connectivity index (χ4v) is 2.31. The van der Waals surface area contributed by atoms with Crippen LogP contribution in [-0.2, 0) is 6.54 Å². The SMILES string of the molecule is Cc1ccc(NCc2cccc(Br)c2O)c(C)c1. The second kappa shape index (κ2) is 5.44. The van der Waals surface area contributed by atoms with Crippen molar-refractivity contribution in [1.82, 2.24) is 0 Å². The predicted molar refractivity (Wildman–Crippen MR) is 79.0 cm³/mol. The van der Waals surface area contributed by atoms with Gasteiger partial charge in [-0.2, -0.15) is 0 Å². The third kappa shape index (κ3) is 2.85. The minimum atomic E-state index is 0.301. The van der Waals surface area contributed by atoms with Crippen molar-refractivity contribution in [2.75, 3.05) is 5.32 Å². The van der Waals surface area contributed by atoms with Crippen molar-refractivity contribution in [2.45, 2.75) is 20.4 Å². The molecule has 0 aliphatic rings. The third-order valence-electron chi connectivity index (χ3n) is 2.92. The number of phenols is 1. The predicted octanol–water partition coefficient (Wildman–Crippen LogP) is 4.38. The van der Waals surface area contributed by atoms with Crippen LogP contribution >= 0.6 is 15.9 Å². The molecule has 0 aliphatic carbocycles. The molecule has 0 aliphatic heterocycles. The molecule has 0 unspecified atom stereocenters. The molecule has 2 aromatic rings. The Morgan fingerprint density at radius 3 is 2.67 bits per heavy atom. The second-order valence-corrected chi connectivity index (χ2v) is 5.27. The maximum Gasteiger partial charge on any atom is 0.134 e. The van der Waals surface area contributed by atoms with Crippen LogP contribution in [0.25, 0.3) is 0 Å². The lowest BCUT2D eigenvalue weighted by Gasteiger charge is -2.11. The highest BCUT2D eigenvalue weighted by molar-refractivity contribution is 9.10. The zero-order valence-corrected chi connectivity index (χ0v) is 12.1. The smallest absolute Gasteiger partial charge is 0.134 e. The Kier molecular flexibility index (Phi) is 3.92. The van der Waals surface area contributed by atoms with E-state index >= 15 is 0 Å². The number of nitrogens with one attached hydrogen (secondary N) is 1. The van der Waals surface area contributed by atoms with Crippen LogP contribution in [0.3, 0.4) is 0 Å². The first-order chi connectivity index (χ1) is 8.58. The van der Waals surface area contributed by atoms with E-state index in [2.05, 4.69) is 53.3 Å². The van der Waals surface area contributed by atoms with Crippen LogP contribution in [0.15, 0.2) is 40.9 Å². The van der Waals surface area contributed by atoms with Crippen LogP contribution < -0.4 is 5.32 Å². The highest BCUT2D eigenvalue weighted by Crippen LogP contribution is 2.28. The molecule has 0 amide bonds. The summed E-state index contributed by atoms with van der Waals surface area (Å²) in [7, 11) is 0. The summed E-state index contributed by atoms with van der Waals surface area (Å²) in [6.45, 7) is 4.77. The lowest BCUT2D eigenvalue weighted by Crippen LogP contribution is -2.01. The van der Waals surface area contributed by atoms with Gasteiger partial charge in [-0.05, 0) is 47.5 Å². The zero-order chi connectivity index (χ0) is 13.1. The molecular weight excluding hydrogens is 290 g/mol. The molecule has 0 saturated heterocycles. The van der Waals surface area contributed by atoms with Gasteiger partial charge in [-0.15, -0.1) is 0 Å². The van der Waals surface area contributed by atoms with E-state index in [1.807, 2.05) is 18.2 Å². The first kappa shape index (κ1) is 13.0. The van der Waals surface area contributed by atoms with E-state index in [0.717, 1.165) is 15.7 Å². The number of para-hydroxylation sites is 1. The molecule has 0 atom stereocenters. The van der Waals surface area contributed by atoms with Crippen molar-refractivity contribution in [2.24, 2.45) is 0 Å². The summed E-state index contributed by atoms with van der Waals surface area (Å²) in [6.07, 6.45) is 0. The number of halogens is 1. The molecule has 94 valence electrons. The maximum atomic E-state index is 9.90. The Balaban J connectivity index is 2.14. The zero-order valence-electron chi connectivity index (χ0n) is 10.5. The highest BCUT2D eigenvalue weighted by Gasteiger charge is 2.05. The van der Waals surface area contributed by atoms with Crippen molar-refractivity contribution >= 4 is 21.6 Å². The van der Waals surface area contributed by atoms with Crippen LogP contribution in [-0.4, -0.2) is 5.11 Å². The summed E-state index contributed by atoms with van der Waals surface area (Å²) in [5.74, 6) is 0.301.